The highest BCUT2D eigenvalue weighted by molar-refractivity contribution is 6.34. The summed E-state index contributed by atoms with van der Waals surface area (Å²) < 4.78 is 13.3. The van der Waals surface area contributed by atoms with E-state index in [0.717, 1.165) is 17.4 Å². The number of ether oxygens (including phenoxy) is 2. The van der Waals surface area contributed by atoms with Crippen LogP contribution in [0, 0.1) is 10.1 Å². The number of benzene rings is 3. The van der Waals surface area contributed by atoms with Gasteiger partial charge in [-0.1, -0.05) is 23.7 Å². The van der Waals surface area contributed by atoms with Crippen molar-refractivity contribution in [2.45, 2.75) is 25.9 Å². The molecule has 0 aliphatic carbocycles. The second kappa shape index (κ2) is 11.6. The van der Waals surface area contributed by atoms with Gasteiger partial charge in [0.1, 0.15) is 24.1 Å². The predicted octanol–water partition coefficient (Wildman–Crippen LogP) is 6.04. The monoisotopic (exact) mass is 588 g/mol. The molecule has 0 radical (unpaired) electrons. The Hall–Kier alpha value is -4.83. The van der Waals surface area contributed by atoms with Crippen LogP contribution in [0.5, 0.6) is 11.5 Å². The van der Waals surface area contributed by atoms with Crippen molar-refractivity contribution >= 4 is 34.8 Å². The van der Waals surface area contributed by atoms with Crippen molar-refractivity contribution in [3.63, 3.8) is 0 Å². The Morgan fingerprint density at radius 3 is 2.38 bits per heavy atom. The molecule has 0 N–H and O–H groups in total. The average molecular weight is 589 g/mol. The fourth-order valence-electron chi connectivity index (χ4n) is 5.27. The normalized spacial score (nSPS) is 13.8. The molecule has 2 amide bonds. The summed E-state index contributed by atoms with van der Waals surface area (Å²) in [5, 5.41) is 11.1. The number of non-ortho nitro benzene ring substituents is 1. The molecule has 216 valence electrons. The lowest BCUT2D eigenvalue weighted by molar-refractivity contribution is -0.384. The molecule has 1 aromatic heterocycles. The first-order valence-corrected chi connectivity index (χ1v) is 13.6. The maximum absolute atomic E-state index is 14.4. The van der Waals surface area contributed by atoms with Gasteiger partial charge in [-0.05, 0) is 62.4 Å². The molecule has 10 nitrogen and oxygen atoms in total. The van der Waals surface area contributed by atoms with Crippen LogP contribution < -0.4 is 14.4 Å². The molecule has 1 atom stereocenters. The molecule has 4 aromatic rings. The van der Waals surface area contributed by atoms with Gasteiger partial charge in [0, 0.05) is 29.9 Å². The van der Waals surface area contributed by atoms with Gasteiger partial charge in [-0.15, -0.1) is 0 Å². The zero-order valence-corrected chi connectivity index (χ0v) is 24.2. The molecular weight excluding hydrogens is 560 g/mol. The molecular formula is C31H29ClN4O6. The maximum Gasteiger partial charge on any atom is 0.270 e. The van der Waals surface area contributed by atoms with Crippen molar-refractivity contribution in [3.8, 4) is 17.2 Å². The van der Waals surface area contributed by atoms with Crippen LogP contribution in [-0.2, 0) is 4.79 Å². The Morgan fingerprint density at radius 2 is 1.74 bits per heavy atom. The average Bonchev–Trinajstić information content (AvgIpc) is 3.48. The van der Waals surface area contributed by atoms with Gasteiger partial charge in [0.05, 0.1) is 46.8 Å². The second-order valence-electron chi connectivity index (χ2n) is 10.0. The molecule has 2 heterocycles. The molecule has 0 spiro atoms. The van der Waals surface area contributed by atoms with E-state index in [2.05, 4.69) is 0 Å². The number of nitro groups is 1. The van der Waals surface area contributed by atoms with Crippen LogP contribution in [0.2, 0.25) is 5.02 Å². The fraction of sp³-hybridized carbons (Fsp3) is 0.226. The molecule has 1 aliphatic heterocycles. The van der Waals surface area contributed by atoms with Gasteiger partial charge < -0.3 is 18.9 Å². The highest BCUT2D eigenvalue weighted by atomic mass is 35.5. The smallest absolute Gasteiger partial charge is 0.270 e. The highest BCUT2D eigenvalue weighted by Gasteiger charge is 2.39. The van der Waals surface area contributed by atoms with Gasteiger partial charge in [-0.3, -0.25) is 24.6 Å². The first-order valence-electron chi connectivity index (χ1n) is 13.2. The maximum atomic E-state index is 14.4. The third kappa shape index (κ3) is 5.05. The minimum atomic E-state index is -0.612. The Labute approximate surface area is 247 Å². The van der Waals surface area contributed by atoms with Gasteiger partial charge in [-0.25, -0.2) is 0 Å². The molecule has 11 heteroatoms. The minimum Gasteiger partial charge on any atom is -0.497 e. The van der Waals surface area contributed by atoms with Crippen LogP contribution in [0.15, 0.2) is 79.0 Å². The van der Waals surface area contributed by atoms with Crippen molar-refractivity contribution in [3.05, 3.63) is 111 Å². The molecule has 0 saturated carbocycles. The summed E-state index contributed by atoms with van der Waals surface area (Å²) in [6.07, 6.45) is 1.94. The molecule has 1 unspecified atom stereocenters. The van der Waals surface area contributed by atoms with E-state index in [1.807, 2.05) is 53.2 Å². The van der Waals surface area contributed by atoms with Gasteiger partial charge in [0.25, 0.3) is 11.6 Å². The zero-order valence-electron chi connectivity index (χ0n) is 23.5. The van der Waals surface area contributed by atoms with E-state index >= 15 is 0 Å². The number of hydrogen-bond donors (Lipinski definition) is 0. The molecule has 42 heavy (non-hydrogen) atoms. The summed E-state index contributed by atoms with van der Waals surface area (Å²) in [6.45, 7) is 3.31. The molecule has 0 fully saturated rings. The van der Waals surface area contributed by atoms with Crippen LogP contribution in [0.4, 0.5) is 11.4 Å². The van der Waals surface area contributed by atoms with E-state index in [9.17, 15) is 19.7 Å². The van der Waals surface area contributed by atoms with Gasteiger partial charge >= 0.3 is 0 Å². The number of nitrogens with zero attached hydrogens (tertiary/aromatic N) is 4. The number of nitro benzene ring substituents is 1. The number of carbonyl (C=O) groups is 2. The van der Waals surface area contributed by atoms with E-state index < -0.39 is 16.9 Å². The standard InChI is InChI=1S/C31H29ClN4O6/c1-19(2)34(31(38)22-13-11-20(36(39)40)16-24(22)32)18-29(37)35-26-9-6-5-8-25(26)33-15-7-10-27(33)30(35)23-17-21(41-3)12-14-28(23)42-4/h5-17,19,30H,18H2,1-4H3. The van der Waals surface area contributed by atoms with Gasteiger partial charge in [0.2, 0.25) is 5.91 Å². The first kappa shape index (κ1) is 28.7. The van der Waals surface area contributed by atoms with Gasteiger partial charge in [-0.2, -0.15) is 0 Å². The van der Waals surface area contributed by atoms with Crippen LogP contribution in [0.25, 0.3) is 5.69 Å². The third-order valence-corrected chi connectivity index (χ3v) is 7.62. The third-order valence-electron chi connectivity index (χ3n) is 7.30. The number of halogens is 1. The molecule has 0 bridgehead atoms. The van der Waals surface area contributed by atoms with Crippen LogP contribution in [0.1, 0.15) is 41.5 Å². The Balaban J connectivity index is 1.60. The Morgan fingerprint density at radius 1 is 1.00 bits per heavy atom. The number of rotatable bonds is 8. The summed E-state index contributed by atoms with van der Waals surface area (Å²) in [6, 6.07) is 19.5. The van der Waals surface area contributed by atoms with Gasteiger partial charge in [0.15, 0.2) is 0 Å². The number of carbonyl (C=O) groups excluding carboxylic acids is 2. The van der Waals surface area contributed by atoms with Crippen molar-refractivity contribution in [2.75, 3.05) is 25.7 Å². The van der Waals surface area contributed by atoms with Crippen LogP contribution in [-0.4, -0.2) is 53.0 Å². The number of para-hydroxylation sites is 2. The summed E-state index contributed by atoms with van der Waals surface area (Å²) in [4.78, 5) is 41.8. The highest BCUT2D eigenvalue weighted by Crippen LogP contribution is 2.45. The Kier molecular flexibility index (Phi) is 7.91. The zero-order chi connectivity index (χ0) is 30.1. The van der Waals surface area contributed by atoms with E-state index in [1.54, 1.807) is 45.1 Å². The lowest BCUT2D eigenvalue weighted by atomic mass is 9.96. The van der Waals surface area contributed by atoms with Crippen molar-refractivity contribution < 1.29 is 24.0 Å². The predicted molar refractivity (Wildman–Crippen MR) is 159 cm³/mol. The summed E-state index contributed by atoms with van der Waals surface area (Å²) >= 11 is 6.30. The minimum absolute atomic E-state index is 0.0626. The Bertz CT molecular complexity index is 1680. The first-order chi connectivity index (χ1) is 20.2. The van der Waals surface area contributed by atoms with Crippen molar-refractivity contribution in [1.29, 1.82) is 0 Å². The molecule has 5 rings (SSSR count). The SMILES string of the molecule is COc1ccc(OC)c(C2c3cccn3-c3ccccc3N2C(=O)CN(C(=O)c2ccc([N+](=O)[O-])cc2Cl)C(C)C)c1. The molecule has 3 aromatic carbocycles. The van der Waals surface area contributed by atoms with Crippen LogP contribution >= 0.6 is 11.6 Å². The summed E-state index contributed by atoms with van der Waals surface area (Å²) in [5.41, 5.74) is 2.85. The largest absolute Gasteiger partial charge is 0.497 e. The quantitative estimate of drug-likeness (QED) is 0.183. The van der Waals surface area contributed by atoms with Crippen molar-refractivity contribution in [2.24, 2.45) is 0 Å². The lowest BCUT2D eigenvalue weighted by Gasteiger charge is -2.40. The van der Waals surface area contributed by atoms with E-state index in [1.165, 1.54) is 17.0 Å². The topological polar surface area (TPSA) is 107 Å². The number of fused-ring (bicyclic) bond motifs is 3. The summed E-state index contributed by atoms with van der Waals surface area (Å²) in [5.74, 6) is 0.314. The fourth-order valence-corrected chi connectivity index (χ4v) is 5.52. The van der Waals surface area contributed by atoms with Crippen molar-refractivity contribution in [1.82, 2.24) is 9.47 Å². The summed E-state index contributed by atoms with van der Waals surface area (Å²) in [7, 11) is 3.14. The second-order valence-corrected chi connectivity index (χ2v) is 10.4. The molecule has 1 aliphatic rings. The number of methoxy groups -OCH3 is 2. The number of amides is 2. The van der Waals surface area contributed by atoms with E-state index in [0.29, 0.717) is 22.7 Å². The van der Waals surface area contributed by atoms with E-state index in [-0.39, 0.29) is 34.8 Å². The molecule has 0 saturated heterocycles. The number of aromatic nitrogens is 1. The van der Waals surface area contributed by atoms with Crippen LogP contribution in [0.3, 0.4) is 0 Å². The number of anilines is 1. The van der Waals surface area contributed by atoms with E-state index in [4.69, 9.17) is 21.1 Å². The lowest BCUT2D eigenvalue weighted by Crippen LogP contribution is -2.48. The number of hydrogen-bond acceptors (Lipinski definition) is 6.